The lowest BCUT2D eigenvalue weighted by Crippen LogP contribution is -2.38. The van der Waals surface area contributed by atoms with Crippen molar-refractivity contribution in [1.29, 1.82) is 0 Å². The van der Waals surface area contributed by atoms with E-state index < -0.39 is 0 Å². The Morgan fingerprint density at radius 1 is 1.19 bits per heavy atom. The molecule has 0 spiro atoms. The maximum Gasteiger partial charge on any atom is 0.257 e. The van der Waals surface area contributed by atoms with Gasteiger partial charge in [0, 0.05) is 18.4 Å². The molecule has 0 radical (unpaired) electrons. The number of nitrogens with one attached hydrogen (secondary N) is 1. The Kier molecular flexibility index (Phi) is 4.89. The predicted molar refractivity (Wildman–Crippen MR) is 103 cm³/mol. The number of hydrogen-bond donors (Lipinski definition) is 1. The first-order chi connectivity index (χ1) is 13.2. The Morgan fingerprint density at radius 3 is 2.74 bits per heavy atom. The Hall–Kier alpha value is -3.12. The predicted octanol–water partition coefficient (Wildman–Crippen LogP) is 3.81. The van der Waals surface area contributed by atoms with Crippen LogP contribution in [0.5, 0.6) is 0 Å². The van der Waals surface area contributed by atoms with Crippen LogP contribution in [-0.4, -0.2) is 30.6 Å². The molecule has 0 saturated carbocycles. The van der Waals surface area contributed by atoms with Gasteiger partial charge in [0.2, 0.25) is 0 Å². The summed E-state index contributed by atoms with van der Waals surface area (Å²) in [6.07, 6.45) is 3.15. The number of rotatable bonds is 4. The number of ether oxygens (including phenoxy) is 1. The van der Waals surface area contributed by atoms with Crippen LogP contribution in [0.4, 0.5) is 11.5 Å². The van der Waals surface area contributed by atoms with Crippen LogP contribution in [0.1, 0.15) is 27.8 Å². The van der Waals surface area contributed by atoms with Gasteiger partial charge in [-0.2, -0.15) is 0 Å². The lowest BCUT2D eigenvalue weighted by atomic mass is 10.2. The molecule has 1 amide bonds. The van der Waals surface area contributed by atoms with Gasteiger partial charge in [0.1, 0.15) is 17.7 Å². The van der Waals surface area contributed by atoms with Crippen molar-refractivity contribution in [2.45, 2.75) is 13.0 Å². The number of anilines is 2. The largest absolute Gasteiger partial charge is 0.467 e. The molecule has 0 bridgehead atoms. The van der Waals surface area contributed by atoms with E-state index in [9.17, 15) is 4.79 Å². The van der Waals surface area contributed by atoms with Crippen molar-refractivity contribution in [3.63, 3.8) is 0 Å². The first-order valence-corrected chi connectivity index (χ1v) is 8.93. The SMILES string of the molecule is Cc1ccc(NC(=O)c2ccc(N3CCOC(c4ccco4)C3)nc2)cc1. The first kappa shape index (κ1) is 17.3. The van der Waals surface area contributed by atoms with E-state index in [-0.39, 0.29) is 12.0 Å². The topological polar surface area (TPSA) is 67.6 Å². The van der Waals surface area contributed by atoms with Crippen LogP contribution in [0.2, 0.25) is 0 Å². The monoisotopic (exact) mass is 363 g/mol. The number of furan rings is 1. The van der Waals surface area contributed by atoms with E-state index in [1.165, 1.54) is 0 Å². The smallest absolute Gasteiger partial charge is 0.257 e. The van der Waals surface area contributed by atoms with Crippen molar-refractivity contribution in [1.82, 2.24) is 4.98 Å². The van der Waals surface area contributed by atoms with E-state index >= 15 is 0 Å². The molecule has 138 valence electrons. The summed E-state index contributed by atoms with van der Waals surface area (Å²) in [7, 11) is 0. The van der Waals surface area contributed by atoms with E-state index in [0.29, 0.717) is 18.7 Å². The van der Waals surface area contributed by atoms with Gasteiger partial charge in [-0.25, -0.2) is 4.98 Å². The quantitative estimate of drug-likeness (QED) is 0.763. The fraction of sp³-hybridized carbons (Fsp3) is 0.238. The number of amides is 1. The molecule has 1 aliphatic heterocycles. The molecule has 6 nitrogen and oxygen atoms in total. The van der Waals surface area contributed by atoms with Crippen molar-refractivity contribution >= 4 is 17.4 Å². The summed E-state index contributed by atoms with van der Waals surface area (Å²) in [6.45, 7) is 4.02. The molecule has 3 aromatic rings. The average molecular weight is 363 g/mol. The van der Waals surface area contributed by atoms with Crippen LogP contribution in [-0.2, 0) is 4.74 Å². The van der Waals surface area contributed by atoms with Crippen molar-refractivity contribution in [3.8, 4) is 0 Å². The zero-order valence-corrected chi connectivity index (χ0v) is 15.1. The molecule has 27 heavy (non-hydrogen) atoms. The van der Waals surface area contributed by atoms with E-state index in [1.807, 2.05) is 49.4 Å². The van der Waals surface area contributed by atoms with E-state index in [2.05, 4.69) is 15.2 Å². The maximum atomic E-state index is 12.4. The number of benzene rings is 1. The third-order valence-electron chi connectivity index (χ3n) is 4.57. The molecule has 1 atom stereocenters. The highest BCUT2D eigenvalue weighted by Gasteiger charge is 2.24. The Balaban J connectivity index is 1.42. The molecule has 1 N–H and O–H groups in total. The van der Waals surface area contributed by atoms with Crippen LogP contribution < -0.4 is 10.2 Å². The summed E-state index contributed by atoms with van der Waals surface area (Å²) in [4.78, 5) is 19.0. The van der Waals surface area contributed by atoms with Gasteiger partial charge in [-0.1, -0.05) is 17.7 Å². The summed E-state index contributed by atoms with van der Waals surface area (Å²) in [6, 6.07) is 15.1. The Morgan fingerprint density at radius 2 is 2.04 bits per heavy atom. The standard InChI is InChI=1S/C21H21N3O3/c1-15-4-7-17(8-5-15)23-21(25)16-6-9-20(22-13-16)24-10-12-27-19(14-24)18-3-2-11-26-18/h2-9,11,13,19H,10,12,14H2,1H3,(H,23,25). The number of nitrogens with zero attached hydrogens (tertiary/aromatic N) is 2. The number of morpholine rings is 1. The minimum atomic E-state index is -0.173. The lowest BCUT2D eigenvalue weighted by molar-refractivity contribution is 0.0255. The Labute approximate surface area is 157 Å². The van der Waals surface area contributed by atoms with Gasteiger partial charge in [-0.15, -0.1) is 0 Å². The van der Waals surface area contributed by atoms with Crippen LogP contribution in [0, 0.1) is 6.92 Å². The second-order valence-corrected chi connectivity index (χ2v) is 6.55. The number of carbonyl (C=O) groups excluding carboxylic acids is 1. The molecular weight excluding hydrogens is 342 g/mol. The third-order valence-corrected chi connectivity index (χ3v) is 4.57. The minimum absolute atomic E-state index is 0.111. The van der Waals surface area contributed by atoms with Crippen molar-refractivity contribution in [2.75, 3.05) is 29.9 Å². The Bertz CT molecular complexity index is 889. The summed E-state index contributed by atoms with van der Waals surface area (Å²) >= 11 is 0. The van der Waals surface area contributed by atoms with Gasteiger partial charge in [0.05, 0.1) is 25.0 Å². The van der Waals surface area contributed by atoms with Crippen LogP contribution in [0.15, 0.2) is 65.4 Å². The molecule has 6 heteroatoms. The molecule has 2 aromatic heterocycles. The van der Waals surface area contributed by atoms with Gasteiger partial charge >= 0.3 is 0 Å². The maximum absolute atomic E-state index is 12.4. The van der Waals surface area contributed by atoms with E-state index in [1.54, 1.807) is 18.5 Å². The van der Waals surface area contributed by atoms with Crippen molar-refractivity contribution in [2.24, 2.45) is 0 Å². The lowest BCUT2D eigenvalue weighted by Gasteiger charge is -2.32. The van der Waals surface area contributed by atoms with Gasteiger partial charge in [0.15, 0.2) is 0 Å². The van der Waals surface area contributed by atoms with E-state index in [0.717, 1.165) is 29.4 Å². The van der Waals surface area contributed by atoms with Gasteiger partial charge in [0.25, 0.3) is 5.91 Å². The fourth-order valence-electron chi connectivity index (χ4n) is 3.05. The molecular formula is C21H21N3O3. The summed E-state index contributed by atoms with van der Waals surface area (Å²) in [5.41, 5.74) is 2.44. The van der Waals surface area contributed by atoms with Crippen LogP contribution in [0.3, 0.4) is 0 Å². The molecule has 1 fully saturated rings. The van der Waals surface area contributed by atoms with E-state index in [4.69, 9.17) is 9.15 Å². The minimum Gasteiger partial charge on any atom is -0.467 e. The molecule has 3 heterocycles. The highest BCUT2D eigenvalue weighted by molar-refractivity contribution is 6.04. The zero-order chi connectivity index (χ0) is 18.6. The molecule has 1 aromatic carbocycles. The van der Waals surface area contributed by atoms with Crippen molar-refractivity contribution in [3.05, 3.63) is 77.9 Å². The molecule has 1 unspecified atom stereocenters. The second kappa shape index (κ2) is 7.63. The first-order valence-electron chi connectivity index (χ1n) is 8.93. The highest BCUT2D eigenvalue weighted by Crippen LogP contribution is 2.25. The van der Waals surface area contributed by atoms with Crippen LogP contribution >= 0.6 is 0 Å². The normalized spacial score (nSPS) is 16.9. The molecule has 4 rings (SSSR count). The summed E-state index contributed by atoms with van der Waals surface area (Å²) < 4.78 is 11.2. The highest BCUT2D eigenvalue weighted by atomic mass is 16.5. The van der Waals surface area contributed by atoms with Crippen LogP contribution in [0.25, 0.3) is 0 Å². The fourth-order valence-corrected chi connectivity index (χ4v) is 3.05. The number of aryl methyl sites for hydroxylation is 1. The van der Waals surface area contributed by atoms with Gasteiger partial charge in [-0.3, -0.25) is 4.79 Å². The number of carbonyl (C=O) groups is 1. The number of aromatic nitrogens is 1. The number of pyridine rings is 1. The van der Waals surface area contributed by atoms with Crippen molar-refractivity contribution < 1.29 is 13.9 Å². The summed E-state index contributed by atoms with van der Waals surface area (Å²) in [5, 5.41) is 2.89. The number of hydrogen-bond acceptors (Lipinski definition) is 5. The zero-order valence-electron chi connectivity index (χ0n) is 15.1. The van der Waals surface area contributed by atoms with Gasteiger partial charge < -0.3 is 19.4 Å². The average Bonchev–Trinajstić information content (AvgIpc) is 3.25. The third kappa shape index (κ3) is 4.01. The second-order valence-electron chi connectivity index (χ2n) is 6.55. The molecule has 1 aliphatic rings. The molecule has 1 saturated heterocycles. The summed E-state index contributed by atoms with van der Waals surface area (Å²) in [5.74, 6) is 1.46. The van der Waals surface area contributed by atoms with Gasteiger partial charge in [-0.05, 0) is 43.3 Å². The molecule has 0 aliphatic carbocycles.